The lowest BCUT2D eigenvalue weighted by Crippen LogP contribution is -2.39. The van der Waals surface area contributed by atoms with E-state index in [9.17, 15) is 8.78 Å². The van der Waals surface area contributed by atoms with Crippen LogP contribution in [0.15, 0.2) is 0 Å². The van der Waals surface area contributed by atoms with Crippen LogP contribution < -0.4 is 5.32 Å². The predicted molar refractivity (Wildman–Crippen MR) is 44.6 cm³/mol. The van der Waals surface area contributed by atoms with Crippen molar-refractivity contribution in [3.8, 4) is 0 Å². The van der Waals surface area contributed by atoms with E-state index in [1.54, 1.807) is 6.92 Å². The standard InChI is InChI=1S/C8H17F2NO/c1-3-5-12-6-7(8(9)10)11-4-2/h7-8,11H,3-6H2,1-2H3. The van der Waals surface area contributed by atoms with Crippen LogP contribution in [-0.2, 0) is 4.74 Å². The van der Waals surface area contributed by atoms with Gasteiger partial charge < -0.3 is 10.1 Å². The fraction of sp³-hybridized carbons (Fsp3) is 1.00. The molecule has 0 aromatic heterocycles. The minimum absolute atomic E-state index is 0.0966. The van der Waals surface area contributed by atoms with Crippen LogP contribution in [0.2, 0.25) is 0 Å². The Labute approximate surface area is 72.3 Å². The van der Waals surface area contributed by atoms with E-state index in [0.29, 0.717) is 13.2 Å². The number of rotatable bonds is 7. The van der Waals surface area contributed by atoms with Crippen molar-refractivity contribution in [3.63, 3.8) is 0 Å². The minimum atomic E-state index is -2.35. The summed E-state index contributed by atoms with van der Waals surface area (Å²) >= 11 is 0. The Kier molecular flexibility index (Phi) is 7.29. The summed E-state index contributed by atoms with van der Waals surface area (Å²) in [4.78, 5) is 0. The van der Waals surface area contributed by atoms with Crippen LogP contribution in [0.5, 0.6) is 0 Å². The lowest BCUT2D eigenvalue weighted by Gasteiger charge is -2.16. The number of ether oxygens (including phenoxy) is 1. The summed E-state index contributed by atoms with van der Waals surface area (Å²) in [5.41, 5.74) is 0. The maximum Gasteiger partial charge on any atom is 0.255 e. The van der Waals surface area contributed by atoms with E-state index in [2.05, 4.69) is 5.32 Å². The lowest BCUT2D eigenvalue weighted by molar-refractivity contribution is 0.0320. The van der Waals surface area contributed by atoms with E-state index >= 15 is 0 Å². The summed E-state index contributed by atoms with van der Waals surface area (Å²) in [7, 11) is 0. The number of hydrogen-bond acceptors (Lipinski definition) is 2. The van der Waals surface area contributed by atoms with E-state index in [0.717, 1.165) is 6.42 Å². The first kappa shape index (κ1) is 11.8. The van der Waals surface area contributed by atoms with Crippen LogP contribution >= 0.6 is 0 Å². The second kappa shape index (κ2) is 7.43. The number of alkyl halides is 2. The van der Waals surface area contributed by atoms with Gasteiger partial charge in [0, 0.05) is 6.61 Å². The van der Waals surface area contributed by atoms with Crippen molar-refractivity contribution in [1.29, 1.82) is 0 Å². The molecule has 0 aliphatic heterocycles. The van der Waals surface area contributed by atoms with E-state index in [4.69, 9.17) is 4.74 Å². The summed E-state index contributed by atoms with van der Waals surface area (Å²) in [6.07, 6.45) is -1.48. The summed E-state index contributed by atoms with van der Waals surface area (Å²) < 4.78 is 29.4. The molecular weight excluding hydrogens is 164 g/mol. The van der Waals surface area contributed by atoms with Gasteiger partial charge in [-0.1, -0.05) is 13.8 Å². The van der Waals surface area contributed by atoms with Gasteiger partial charge >= 0.3 is 0 Å². The van der Waals surface area contributed by atoms with Crippen molar-refractivity contribution in [2.75, 3.05) is 19.8 Å². The van der Waals surface area contributed by atoms with Gasteiger partial charge in [-0.25, -0.2) is 8.78 Å². The van der Waals surface area contributed by atoms with Gasteiger partial charge in [0.1, 0.15) is 0 Å². The first-order valence-electron chi connectivity index (χ1n) is 4.31. The molecule has 4 heteroatoms. The molecule has 1 N–H and O–H groups in total. The van der Waals surface area contributed by atoms with Crippen molar-refractivity contribution in [3.05, 3.63) is 0 Å². The molecule has 0 aromatic carbocycles. The molecule has 0 spiro atoms. The molecule has 74 valence electrons. The molecular formula is C8H17F2NO. The van der Waals surface area contributed by atoms with Crippen LogP contribution in [0.3, 0.4) is 0 Å². The Balaban J connectivity index is 3.49. The van der Waals surface area contributed by atoms with Crippen LogP contribution in [0, 0.1) is 0 Å². The van der Waals surface area contributed by atoms with E-state index in [-0.39, 0.29) is 6.61 Å². The average molecular weight is 181 g/mol. The van der Waals surface area contributed by atoms with Crippen LogP contribution in [0.4, 0.5) is 8.78 Å². The molecule has 2 nitrogen and oxygen atoms in total. The summed E-state index contributed by atoms with van der Waals surface area (Å²) in [5, 5.41) is 2.67. The molecule has 0 rings (SSSR count). The predicted octanol–water partition coefficient (Wildman–Crippen LogP) is 1.66. The number of hydrogen-bond donors (Lipinski definition) is 1. The Hall–Kier alpha value is -0.220. The molecule has 0 aliphatic carbocycles. The number of halogens is 2. The van der Waals surface area contributed by atoms with Crippen LogP contribution in [0.1, 0.15) is 20.3 Å². The monoisotopic (exact) mass is 181 g/mol. The topological polar surface area (TPSA) is 21.3 Å². The van der Waals surface area contributed by atoms with Crippen molar-refractivity contribution in [1.82, 2.24) is 5.32 Å². The van der Waals surface area contributed by atoms with Gasteiger partial charge in [0.05, 0.1) is 12.6 Å². The third-order valence-electron chi connectivity index (χ3n) is 1.42. The smallest absolute Gasteiger partial charge is 0.255 e. The fourth-order valence-electron chi connectivity index (χ4n) is 0.838. The fourth-order valence-corrected chi connectivity index (χ4v) is 0.838. The maximum absolute atomic E-state index is 12.2. The number of nitrogens with one attached hydrogen (secondary N) is 1. The van der Waals surface area contributed by atoms with E-state index in [1.807, 2.05) is 6.92 Å². The molecule has 0 radical (unpaired) electrons. The molecule has 0 aromatic rings. The van der Waals surface area contributed by atoms with Gasteiger partial charge in [-0.3, -0.25) is 0 Å². The number of likely N-dealkylation sites (N-methyl/N-ethyl adjacent to an activating group) is 1. The Morgan fingerprint density at radius 1 is 1.33 bits per heavy atom. The van der Waals surface area contributed by atoms with E-state index < -0.39 is 12.5 Å². The Bertz CT molecular complexity index is 101. The molecule has 0 saturated carbocycles. The molecule has 0 aliphatic rings. The first-order chi connectivity index (χ1) is 5.72. The Morgan fingerprint density at radius 2 is 2.00 bits per heavy atom. The highest BCUT2D eigenvalue weighted by atomic mass is 19.3. The third kappa shape index (κ3) is 5.43. The molecule has 0 saturated heterocycles. The van der Waals surface area contributed by atoms with Gasteiger partial charge in [0.15, 0.2) is 0 Å². The minimum Gasteiger partial charge on any atom is -0.380 e. The van der Waals surface area contributed by atoms with Crippen LogP contribution in [-0.4, -0.2) is 32.2 Å². The van der Waals surface area contributed by atoms with Gasteiger partial charge in [0.25, 0.3) is 6.43 Å². The lowest BCUT2D eigenvalue weighted by atomic mass is 10.3. The summed E-state index contributed by atoms with van der Waals surface area (Å²) in [6.45, 7) is 4.94. The molecule has 1 unspecified atom stereocenters. The normalized spacial score (nSPS) is 13.8. The molecule has 1 atom stereocenters. The van der Waals surface area contributed by atoms with Gasteiger partial charge in [-0.15, -0.1) is 0 Å². The second-order valence-corrected chi connectivity index (χ2v) is 2.57. The zero-order valence-electron chi connectivity index (χ0n) is 7.65. The van der Waals surface area contributed by atoms with Crippen LogP contribution in [0.25, 0.3) is 0 Å². The summed E-state index contributed by atoms with van der Waals surface area (Å²) in [5.74, 6) is 0. The largest absolute Gasteiger partial charge is 0.380 e. The van der Waals surface area contributed by atoms with Gasteiger partial charge in [-0.05, 0) is 13.0 Å². The first-order valence-corrected chi connectivity index (χ1v) is 4.31. The average Bonchev–Trinajstić information content (AvgIpc) is 2.03. The second-order valence-electron chi connectivity index (χ2n) is 2.57. The molecule has 0 heterocycles. The molecule has 0 bridgehead atoms. The third-order valence-corrected chi connectivity index (χ3v) is 1.42. The molecule has 0 fully saturated rings. The van der Waals surface area contributed by atoms with Gasteiger partial charge in [0.2, 0.25) is 0 Å². The van der Waals surface area contributed by atoms with E-state index in [1.165, 1.54) is 0 Å². The van der Waals surface area contributed by atoms with Crippen molar-refractivity contribution in [2.45, 2.75) is 32.7 Å². The zero-order chi connectivity index (χ0) is 9.40. The van der Waals surface area contributed by atoms with Gasteiger partial charge in [-0.2, -0.15) is 0 Å². The highest BCUT2D eigenvalue weighted by Gasteiger charge is 2.18. The highest BCUT2D eigenvalue weighted by molar-refractivity contribution is 4.67. The highest BCUT2D eigenvalue weighted by Crippen LogP contribution is 2.01. The quantitative estimate of drug-likeness (QED) is 0.603. The SMILES string of the molecule is CCCOCC(NCC)C(F)F. The molecule has 12 heavy (non-hydrogen) atoms. The van der Waals surface area contributed by atoms with Crippen molar-refractivity contribution >= 4 is 0 Å². The zero-order valence-corrected chi connectivity index (χ0v) is 7.65. The molecule has 0 amide bonds. The maximum atomic E-state index is 12.2. The van der Waals surface area contributed by atoms with Crippen molar-refractivity contribution in [2.24, 2.45) is 0 Å². The van der Waals surface area contributed by atoms with Crippen molar-refractivity contribution < 1.29 is 13.5 Å². The summed E-state index contributed by atoms with van der Waals surface area (Å²) in [6, 6.07) is -0.818. The Morgan fingerprint density at radius 3 is 2.42 bits per heavy atom.